The van der Waals surface area contributed by atoms with Crippen LogP contribution in [0.5, 0.6) is 5.75 Å². The number of ether oxygens (including phenoxy) is 2. The molecule has 3 aromatic carbocycles. The van der Waals surface area contributed by atoms with Crippen molar-refractivity contribution >= 4 is 37.6 Å². The number of rotatable bonds is 10. The first-order valence-corrected chi connectivity index (χ1v) is 15.3. The molecule has 0 heterocycles. The van der Waals surface area contributed by atoms with Crippen molar-refractivity contribution in [1.29, 1.82) is 0 Å². The van der Waals surface area contributed by atoms with Gasteiger partial charge >= 0.3 is 5.97 Å². The predicted molar refractivity (Wildman–Crippen MR) is 150 cm³/mol. The van der Waals surface area contributed by atoms with Crippen molar-refractivity contribution < 1.29 is 35.5 Å². The number of hydrogen-bond acceptors (Lipinski definition) is 7. The molecule has 0 saturated heterocycles. The Labute approximate surface area is 239 Å². The van der Waals surface area contributed by atoms with E-state index in [-0.39, 0.29) is 27.1 Å². The summed E-state index contributed by atoms with van der Waals surface area (Å²) in [7, 11) is -5.14. The highest BCUT2D eigenvalue weighted by Gasteiger charge is 2.23. The van der Waals surface area contributed by atoms with Crippen LogP contribution in [0.3, 0.4) is 0 Å². The number of halogens is 2. The van der Waals surface area contributed by atoms with Gasteiger partial charge in [0, 0.05) is 19.2 Å². The molecule has 0 fully saturated rings. The van der Waals surface area contributed by atoms with Crippen LogP contribution >= 0.6 is 11.6 Å². The molecule has 0 unspecified atom stereocenters. The van der Waals surface area contributed by atoms with Gasteiger partial charge in [0.05, 0.1) is 14.8 Å². The number of carbonyl (C=O) groups excluding carboxylic acids is 1. The molecule has 1 N–H and O–H groups in total. The summed E-state index contributed by atoms with van der Waals surface area (Å²) in [4.78, 5) is 12.1. The first-order chi connectivity index (χ1) is 18.5. The summed E-state index contributed by atoms with van der Waals surface area (Å²) in [5, 5.41) is -0.320. The number of sulfonamides is 2. The van der Waals surface area contributed by atoms with Crippen LogP contribution in [-0.2, 0) is 36.1 Å². The van der Waals surface area contributed by atoms with Gasteiger partial charge in [-0.3, -0.25) is 0 Å². The highest BCUT2D eigenvalue weighted by atomic mass is 35.5. The number of nitrogens with one attached hydrogen (secondary N) is 1. The third kappa shape index (κ3) is 7.79. The molecule has 0 aliphatic rings. The van der Waals surface area contributed by atoms with Gasteiger partial charge in [0.2, 0.25) is 20.0 Å². The summed E-state index contributed by atoms with van der Waals surface area (Å²) in [6.45, 7) is 4.68. The van der Waals surface area contributed by atoms with Gasteiger partial charge in [-0.15, -0.1) is 0 Å². The lowest BCUT2D eigenvalue weighted by atomic mass is 10.0. The van der Waals surface area contributed by atoms with Crippen LogP contribution in [0.2, 0.25) is 5.02 Å². The van der Waals surface area contributed by atoms with Crippen LogP contribution in [0.25, 0.3) is 11.1 Å². The lowest BCUT2D eigenvalue weighted by molar-refractivity contribution is -0.157. The standard InChI is InChI=1S/C27H30ClFN2O7S2/c1-27(2,3)38-26(32)17-37-25-12-9-18(13-22(25)19-7-6-8-20(14-19)39(33,34)30-4)16-31(5)40(35,36)21-10-11-24(29)23(28)15-21/h6-15,30H,16-17H2,1-5H3. The van der Waals surface area contributed by atoms with Gasteiger partial charge in [-0.2, -0.15) is 4.31 Å². The van der Waals surface area contributed by atoms with Crippen molar-refractivity contribution in [3.05, 3.63) is 77.1 Å². The van der Waals surface area contributed by atoms with E-state index in [1.165, 1.54) is 26.2 Å². The van der Waals surface area contributed by atoms with E-state index >= 15 is 0 Å². The minimum Gasteiger partial charge on any atom is -0.481 e. The van der Waals surface area contributed by atoms with Gasteiger partial charge in [-0.25, -0.2) is 30.7 Å². The maximum Gasteiger partial charge on any atom is 0.344 e. The van der Waals surface area contributed by atoms with Crippen molar-refractivity contribution in [3.8, 4) is 16.9 Å². The zero-order chi connectivity index (χ0) is 29.9. The van der Waals surface area contributed by atoms with Gasteiger partial charge in [-0.1, -0.05) is 29.8 Å². The molecule has 40 heavy (non-hydrogen) atoms. The summed E-state index contributed by atoms with van der Waals surface area (Å²) in [5.74, 6) is -1.08. The van der Waals surface area contributed by atoms with Crippen LogP contribution in [0.15, 0.2) is 70.5 Å². The van der Waals surface area contributed by atoms with Crippen LogP contribution in [0.1, 0.15) is 26.3 Å². The van der Waals surface area contributed by atoms with Crippen molar-refractivity contribution in [2.24, 2.45) is 0 Å². The Morgan fingerprint density at radius 3 is 2.33 bits per heavy atom. The molecule has 3 aromatic rings. The van der Waals surface area contributed by atoms with Crippen molar-refractivity contribution in [2.75, 3.05) is 20.7 Å². The average Bonchev–Trinajstić information content (AvgIpc) is 2.88. The molecule has 0 radical (unpaired) electrons. The van der Waals surface area contributed by atoms with E-state index in [1.54, 1.807) is 51.1 Å². The Morgan fingerprint density at radius 2 is 1.70 bits per heavy atom. The van der Waals surface area contributed by atoms with E-state index in [1.807, 2.05) is 0 Å². The molecule has 0 aliphatic heterocycles. The zero-order valence-electron chi connectivity index (χ0n) is 22.6. The molecule has 3 rings (SSSR count). The second kappa shape index (κ2) is 12.2. The third-order valence-corrected chi connectivity index (χ3v) is 9.04. The lowest BCUT2D eigenvalue weighted by Gasteiger charge is -2.21. The summed E-state index contributed by atoms with van der Waals surface area (Å²) in [5.41, 5.74) is 0.687. The Balaban J connectivity index is 2.00. The lowest BCUT2D eigenvalue weighted by Crippen LogP contribution is -2.27. The summed E-state index contributed by atoms with van der Waals surface area (Å²) in [6, 6.07) is 14.0. The summed E-state index contributed by atoms with van der Waals surface area (Å²) < 4.78 is 79.0. The largest absolute Gasteiger partial charge is 0.481 e. The summed E-state index contributed by atoms with van der Waals surface area (Å²) in [6.07, 6.45) is 0. The Morgan fingerprint density at radius 1 is 1.00 bits per heavy atom. The number of carbonyl (C=O) groups is 1. The van der Waals surface area contributed by atoms with Gasteiger partial charge in [0.25, 0.3) is 0 Å². The smallest absolute Gasteiger partial charge is 0.344 e. The minimum absolute atomic E-state index is 0.00359. The van der Waals surface area contributed by atoms with E-state index in [9.17, 15) is 26.0 Å². The molecular weight excluding hydrogens is 583 g/mol. The molecule has 0 bridgehead atoms. The third-order valence-electron chi connectivity index (χ3n) is 5.54. The predicted octanol–water partition coefficient (Wildman–Crippen LogP) is 4.60. The van der Waals surface area contributed by atoms with Crippen molar-refractivity contribution in [3.63, 3.8) is 0 Å². The van der Waals surface area contributed by atoms with Gasteiger partial charge < -0.3 is 9.47 Å². The topological polar surface area (TPSA) is 119 Å². The van der Waals surface area contributed by atoms with Crippen molar-refractivity contribution in [1.82, 2.24) is 9.03 Å². The maximum atomic E-state index is 13.6. The van der Waals surface area contributed by atoms with E-state index in [0.29, 0.717) is 16.7 Å². The Hall–Kier alpha value is -3.03. The Kier molecular flexibility index (Phi) is 9.63. The fraction of sp³-hybridized carbons (Fsp3) is 0.296. The van der Waals surface area contributed by atoms with Gasteiger partial charge in [0.15, 0.2) is 6.61 Å². The molecule has 13 heteroatoms. The molecule has 0 amide bonds. The van der Waals surface area contributed by atoms with Crippen LogP contribution in [-0.4, -0.2) is 53.4 Å². The minimum atomic E-state index is -4.03. The highest BCUT2D eigenvalue weighted by Crippen LogP contribution is 2.33. The van der Waals surface area contributed by atoms with E-state index < -0.39 is 44.0 Å². The fourth-order valence-corrected chi connectivity index (χ4v) is 5.85. The molecule has 9 nitrogen and oxygen atoms in total. The highest BCUT2D eigenvalue weighted by molar-refractivity contribution is 7.89. The quantitative estimate of drug-likeness (QED) is 0.333. The molecular formula is C27H30ClFN2O7S2. The first kappa shape index (κ1) is 31.5. The fourth-order valence-electron chi connectivity index (χ4n) is 3.64. The van der Waals surface area contributed by atoms with Gasteiger partial charge in [-0.05, 0) is 81.4 Å². The average molecular weight is 613 g/mol. The second-order valence-corrected chi connectivity index (χ2v) is 14.1. The van der Waals surface area contributed by atoms with Crippen LogP contribution in [0.4, 0.5) is 4.39 Å². The normalized spacial score (nSPS) is 12.4. The monoisotopic (exact) mass is 612 g/mol. The van der Waals surface area contributed by atoms with Crippen molar-refractivity contribution in [2.45, 2.75) is 42.7 Å². The SMILES string of the molecule is CNS(=O)(=O)c1cccc(-c2cc(CN(C)S(=O)(=O)c3ccc(F)c(Cl)c3)ccc2OCC(=O)OC(C)(C)C)c1. The number of nitrogens with zero attached hydrogens (tertiary/aromatic N) is 1. The molecule has 0 aromatic heterocycles. The zero-order valence-corrected chi connectivity index (χ0v) is 25.0. The number of hydrogen-bond donors (Lipinski definition) is 1. The molecule has 0 atom stereocenters. The van der Waals surface area contributed by atoms with Gasteiger partial charge in [0.1, 0.15) is 17.2 Å². The van der Waals surface area contributed by atoms with Crippen LogP contribution in [0, 0.1) is 5.82 Å². The second-order valence-electron chi connectivity index (χ2n) is 9.78. The number of benzene rings is 3. The maximum absolute atomic E-state index is 13.6. The molecule has 0 saturated carbocycles. The molecule has 0 aliphatic carbocycles. The first-order valence-electron chi connectivity index (χ1n) is 12.0. The summed E-state index contributed by atoms with van der Waals surface area (Å²) >= 11 is 5.78. The Bertz CT molecular complexity index is 1620. The van der Waals surface area contributed by atoms with E-state index in [0.717, 1.165) is 22.5 Å². The molecule has 0 spiro atoms. The van der Waals surface area contributed by atoms with E-state index in [2.05, 4.69) is 4.72 Å². The molecule has 216 valence electrons. The van der Waals surface area contributed by atoms with E-state index in [4.69, 9.17) is 21.1 Å². The number of esters is 1. The van der Waals surface area contributed by atoms with Crippen LogP contribution < -0.4 is 9.46 Å².